The van der Waals surface area contributed by atoms with Gasteiger partial charge in [0, 0.05) is 39.8 Å². The van der Waals surface area contributed by atoms with Crippen molar-refractivity contribution in [2.24, 2.45) is 17.6 Å². The Hall–Kier alpha value is -0.610. The van der Waals surface area contributed by atoms with Crippen molar-refractivity contribution >= 4 is 5.91 Å². The van der Waals surface area contributed by atoms with E-state index < -0.39 is 0 Å². The molecule has 0 rings (SSSR count). The van der Waals surface area contributed by atoms with Crippen molar-refractivity contribution in [3.63, 3.8) is 0 Å². The van der Waals surface area contributed by atoms with Crippen LogP contribution in [0.2, 0.25) is 0 Å². The lowest BCUT2D eigenvalue weighted by atomic mass is 10.0. The van der Waals surface area contributed by atoms with Crippen molar-refractivity contribution in [1.82, 2.24) is 4.90 Å². The van der Waals surface area contributed by atoms with Crippen LogP contribution in [-0.2, 0) is 9.53 Å². The van der Waals surface area contributed by atoms with E-state index in [0.29, 0.717) is 18.9 Å². The zero-order valence-corrected chi connectivity index (χ0v) is 11.9. The van der Waals surface area contributed by atoms with Gasteiger partial charge in [-0.25, -0.2) is 0 Å². The van der Waals surface area contributed by atoms with E-state index in [1.807, 2.05) is 14.0 Å². The van der Waals surface area contributed by atoms with Gasteiger partial charge in [0.2, 0.25) is 5.91 Å². The fraction of sp³-hybridized carbons (Fsp3) is 0.923. The van der Waals surface area contributed by atoms with E-state index in [0.717, 1.165) is 13.0 Å². The van der Waals surface area contributed by atoms with Crippen molar-refractivity contribution in [1.29, 1.82) is 0 Å². The summed E-state index contributed by atoms with van der Waals surface area (Å²) in [4.78, 5) is 13.6. The van der Waals surface area contributed by atoms with Gasteiger partial charge in [-0.1, -0.05) is 20.8 Å². The zero-order chi connectivity index (χ0) is 13.4. The molecule has 0 aliphatic carbocycles. The summed E-state index contributed by atoms with van der Waals surface area (Å²) < 4.78 is 5.02. The van der Waals surface area contributed by atoms with E-state index in [4.69, 9.17) is 10.5 Å². The predicted molar refractivity (Wildman–Crippen MR) is 70.7 cm³/mol. The Balaban J connectivity index is 3.89. The molecule has 0 aliphatic heterocycles. The first-order chi connectivity index (χ1) is 7.88. The van der Waals surface area contributed by atoms with Gasteiger partial charge in [0.25, 0.3) is 0 Å². The number of nitrogens with zero attached hydrogens (tertiary/aromatic N) is 1. The maximum atomic E-state index is 11.8. The first kappa shape index (κ1) is 16.4. The fourth-order valence-corrected chi connectivity index (χ4v) is 1.60. The second kappa shape index (κ2) is 8.48. The van der Waals surface area contributed by atoms with Gasteiger partial charge in [-0.2, -0.15) is 0 Å². The highest BCUT2D eigenvalue weighted by atomic mass is 16.5. The molecule has 2 unspecified atom stereocenters. The van der Waals surface area contributed by atoms with Crippen LogP contribution in [0.25, 0.3) is 0 Å². The molecule has 0 saturated carbocycles. The molecule has 0 aliphatic rings. The lowest BCUT2D eigenvalue weighted by Crippen LogP contribution is -2.35. The molecular formula is C13H28N2O2. The van der Waals surface area contributed by atoms with Crippen LogP contribution in [0.5, 0.6) is 0 Å². The van der Waals surface area contributed by atoms with Crippen molar-refractivity contribution in [3.8, 4) is 0 Å². The Morgan fingerprint density at radius 1 is 1.35 bits per heavy atom. The van der Waals surface area contributed by atoms with Gasteiger partial charge in [-0.05, 0) is 18.3 Å². The standard InChI is InChI=1S/C13H28N2O2/c1-10(2)12(14)6-7-15(4)13(16)8-11(3)9-17-5/h10-12H,6-9,14H2,1-5H3. The van der Waals surface area contributed by atoms with Gasteiger partial charge in [0.1, 0.15) is 0 Å². The van der Waals surface area contributed by atoms with Gasteiger partial charge in [-0.15, -0.1) is 0 Å². The second-order valence-corrected chi connectivity index (χ2v) is 5.28. The van der Waals surface area contributed by atoms with E-state index in [2.05, 4.69) is 13.8 Å². The summed E-state index contributed by atoms with van der Waals surface area (Å²) in [5.41, 5.74) is 5.96. The molecule has 0 aromatic rings. The van der Waals surface area contributed by atoms with E-state index in [-0.39, 0.29) is 17.9 Å². The lowest BCUT2D eigenvalue weighted by Gasteiger charge is -2.22. The molecule has 2 atom stereocenters. The fourth-order valence-electron chi connectivity index (χ4n) is 1.60. The van der Waals surface area contributed by atoms with Crippen LogP contribution in [0.3, 0.4) is 0 Å². The van der Waals surface area contributed by atoms with Crippen molar-refractivity contribution in [2.45, 2.75) is 39.7 Å². The smallest absolute Gasteiger partial charge is 0.222 e. The molecule has 0 aromatic heterocycles. The SMILES string of the molecule is COCC(C)CC(=O)N(C)CCC(N)C(C)C. The third-order valence-electron chi connectivity index (χ3n) is 3.05. The average molecular weight is 244 g/mol. The first-order valence-corrected chi connectivity index (χ1v) is 6.37. The molecule has 17 heavy (non-hydrogen) atoms. The van der Waals surface area contributed by atoms with Crippen molar-refractivity contribution in [3.05, 3.63) is 0 Å². The highest BCUT2D eigenvalue weighted by molar-refractivity contribution is 5.76. The van der Waals surface area contributed by atoms with Gasteiger partial charge >= 0.3 is 0 Å². The van der Waals surface area contributed by atoms with E-state index in [9.17, 15) is 4.79 Å². The lowest BCUT2D eigenvalue weighted by molar-refractivity contribution is -0.131. The average Bonchev–Trinajstić information content (AvgIpc) is 2.25. The van der Waals surface area contributed by atoms with Crippen LogP contribution in [0, 0.1) is 11.8 Å². The summed E-state index contributed by atoms with van der Waals surface area (Å²) in [5, 5.41) is 0. The minimum atomic E-state index is 0.168. The number of carbonyl (C=O) groups is 1. The number of rotatable bonds is 8. The summed E-state index contributed by atoms with van der Waals surface area (Å²) in [5.74, 6) is 0.908. The monoisotopic (exact) mass is 244 g/mol. The second-order valence-electron chi connectivity index (χ2n) is 5.28. The van der Waals surface area contributed by atoms with Crippen LogP contribution in [-0.4, -0.2) is 44.2 Å². The highest BCUT2D eigenvalue weighted by Crippen LogP contribution is 2.07. The van der Waals surface area contributed by atoms with Crippen LogP contribution in [0.4, 0.5) is 0 Å². The third kappa shape index (κ3) is 7.34. The molecule has 0 saturated heterocycles. The minimum Gasteiger partial charge on any atom is -0.384 e. The number of ether oxygens (including phenoxy) is 1. The third-order valence-corrected chi connectivity index (χ3v) is 3.05. The van der Waals surface area contributed by atoms with E-state index in [1.165, 1.54) is 0 Å². The molecule has 0 bridgehead atoms. The van der Waals surface area contributed by atoms with Crippen LogP contribution < -0.4 is 5.73 Å². The highest BCUT2D eigenvalue weighted by Gasteiger charge is 2.15. The van der Waals surface area contributed by atoms with E-state index >= 15 is 0 Å². The normalized spacial score (nSPS) is 14.8. The number of amides is 1. The Kier molecular flexibility index (Phi) is 8.17. The zero-order valence-electron chi connectivity index (χ0n) is 11.9. The Bertz CT molecular complexity index is 219. The molecule has 0 aromatic carbocycles. The maximum absolute atomic E-state index is 11.8. The van der Waals surface area contributed by atoms with Gasteiger partial charge in [0.15, 0.2) is 0 Å². The molecule has 0 fully saturated rings. The molecule has 4 heteroatoms. The summed E-state index contributed by atoms with van der Waals surface area (Å²) in [6, 6.07) is 0.168. The van der Waals surface area contributed by atoms with Crippen LogP contribution >= 0.6 is 0 Å². The molecule has 2 N–H and O–H groups in total. The number of nitrogens with two attached hydrogens (primary N) is 1. The van der Waals surface area contributed by atoms with Gasteiger partial charge in [-0.3, -0.25) is 4.79 Å². The molecule has 0 radical (unpaired) electrons. The molecule has 4 nitrogen and oxygen atoms in total. The molecule has 0 heterocycles. The van der Waals surface area contributed by atoms with Gasteiger partial charge < -0.3 is 15.4 Å². The summed E-state index contributed by atoms with van der Waals surface area (Å²) in [6.07, 6.45) is 1.40. The molecule has 1 amide bonds. The maximum Gasteiger partial charge on any atom is 0.222 e. The largest absolute Gasteiger partial charge is 0.384 e. The predicted octanol–water partition coefficient (Wildman–Crippen LogP) is 1.49. The van der Waals surface area contributed by atoms with Gasteiger partial charge in [0.05, 0.1) is 0 Å². The number of carbonyl (C=O) groups excluding carboxylic acids is 1. The summed E-state index contributed by atoms with van der Waals surface area (Å²) >= 11 is 0. The van der Waals surface area contributed by atoms with Crippen molar-refractivity contribution < 1.29 is 9.53 Å². The molecular weight excluding hydrogens is 216 g/mol. The first-order valence-electron chi connectivity index (χ1n) is 6.37. The molecule has 102 valence electrons. The number of methoxy groups -OCH3 is 1. The van der Waals surface area contributed by atoms with Crippen molar-refractivity contribution in [2.75, 3.05) is 27.3 Å². The topological polar surface area (TPSA) is 55.6 Å². The van der Waals surface area contributed by atoms with E-state index in [1.54, 1.807) is 12.0 Å². The molecule has 0 spiro atoms. The number of hydrogen-bond acceptors (Lipinski definition) is 3. The van der Waals surface area contributed by atoms with Crippen LogP contribution in [0.15, 0.2) is 0 Å². The van der Waals surface area contributed by atoms with Crippen LogP contribution in [0.1, 0.15) is 33.6 Å². The minimum absolute atomic E-state index is 0.168. The Labute approximate surface area is 105 Å². The summed E-state index contributed by atoms with van der Waals surface area (Å²) in [7, 11) is 3.50. The Morgan fingerprint density at radius 3 is 2.41 bits per heavy atom. The quantitative estimate of drug-likeness (QED) is 0.704. The summed E-state index contributed by atoms with van der Waals surface area (Å²) in [6.45, 7) is 7.60. The number of hydrogen-bond donors (Lipinski definition) is 1. The Morgan fingerprint density at radius 2 is 1.94 bits per heavy atom.